The Bertz CT molecular complexity index is 1400. The topological polar surface area (TPSA) is 80.5 Å². The predicted molar refractivity (Wildman–Crippen MR) is 132 cm³/mol. The molecule has 6 nitrogen and oxygen atoms in total. The summed E-state index contributed by atoms with van der Waals surface area (Å²) in [6.07, 6.45) is 0.969. The Hall–Kier alpha value is -3.80. The maximum absolute atomic E-state index is 13.6. The lowest BCUT2D eigenvalue weighted by Gasteiger charge is -2.42. The van der Waals surface area contributed by atoms with Crippen molar-refractivity contribution in [2.45, 2.75) is 46.0 Å². The van der Waals surface area contributed by atoms with Gasteiger partial charge in [0.05, 0.1) is 4.92 Å². The van der Waals surface area contributed by atoms with Gasteiger partial charge in [-0.25, -0.2) is 0 Å². The van der Waals surface area contributed by atoms with E-state index >= 15 is 0 Å². The minimum absolute atomic E-state index is 0.0108. The first kappa shape index (κ1) is 22.0. The summed E-state index contributed by atoms with van der Waals surface area (Å²) in [5.74, 6) is -0.581. The average Bonchev–Trinajstić information content (AvgIpc) is 2.77. The molecule has 0 radical (unpaired) electrons. The first-order valence-corrected chi connectivity index (χ1v) is 11.5. The number of carbonyl (C=O) groups excluding carboxylic acids is 2. The maximum atomic E-state index is 13.6. The lowest BCUT2D eigenvalue weighted by Crippen LogP contribution is -2.44. The summed E-state index contributed by atoms with van der Waals surface area (Å²) in [5, 5.41) is 14.0. The number of aryl methyl sites for hydroxylation is 1. The SMILES string of the molecule is Cc1ccc(N2C(=O)CC(c3ccc4ccccc4c3)C3=C2CC(C)(C)CC3=O)c([N+](=O)[O-])c1. The third-order valence-corrected chi connectivity index (χ3v) is 6.89. The minimum atomic E-state index is -0.457. The van der Waals surface area contributed by atoms with Crippen LogP contribution in [0.2, 0.25) is 0 Å². The van der Waals surface area contributed by atoms with Crippen molar-refractivity contribution in [2.24, 2.45) is 5.41 Å². The molecule has 3 aromatic rings. The van der Waals surface area contributed by atoms with Crippen molar-refractivity contribution in [3.8, 4) is 0 Å². The molecule has 172 valence electrons. The van der Waals surface area contributed by atoms with Crippen LogP contribution in [0, 0.1) is 22.5 Å². The van der Waals surface area contributed by atoms with E-state index in [1.807, 2.05) is 50.2 Å². The normalized spacial score (nSPS) is 20.0. The van der Waals surface area contributed by atoms with Crippen LogP contribution in [0.3, 0.4) is 0 Å². The molecule has 1 amide bonds. The molecule has 1 heterocycles. The van der Waals surface area contributed by atoms with Gasteiger partial charge in [0.2, 0.25) is 5.91 Å². The molecule has 5 rings (SSSR count). The summed E-state index contributed by atoms with van der Waals surface area (Å²) < 4.78 is 0. The van der Waals surface area contributed by atoms with Crippen LogP contribution in [0.1, 0.15) is 50.2 Å². The van der Waals surface area contributed by atoms with Crippen LogP contribution in [-0.4, -0.2) is 16.6 Å². The largest absolute Gasteiger partial charge is 0.294 e. The second-order valence-electron chi connectivity index (χ2n) is 10.1. The highest BCUT2D eigenvalue weighted by atomic mass is 16.6. The molecule has 3 aromatic carbocycles. The monoisotopic (exact) mass is 454 g/mol. The first-order valence-electron chi connectivity index (χ1n) is 11.5. The fourth-order valence-corrected chi connectivity index (χ4v) is 5.37. The summed E-state index contributed by atoms with van der Waals surface area (Å²) in [6, 6.07) is 18.9. The number of benzene rings is 3. The van der Waals surface area contributed by atoms with Gasteiger partial charge >= 0.3 is 0 Å². The zero-order valence-corrected chi connectivity index (χ0v) is 19.5. The molecule has 6 heteroatoms. The highest BCUT2D eigenvalue weighted by Crippen LogP contribution is 2.49. The highest BCUT2D eigenvalue weighted by molar-refractivity contribution is 6.08. The average molecular weight is 455 g/mol. The van der Waals surface area contributed by atoms with Gasteiger partial charge in [-0.1, -0.05) is 62.4 Å². The molecular formula is C28H26N2O4. The number of ketones is 1. The number of allylic oxidation sites excluding steroid dienone is 2. The Labute approximate surface area is 198 Å². The number of amides is 1. The van der Waals surface area contributed by atoms with Crippen molar-refractivity contribution < 1.29 is 14.5 Å². The van der Waals surface area contributed by atoms with Crippen molar-refractivity contribution in [3.63, 3.8) is 0 Å². The number of nitro benzene ring substituents is 1. The Balaban J connectivity index is 1.72. The first-order chi connectivity index (χ1) is 16.1. The van der Waals surface area contributed by atoms with Crippen LogP contribution in [-0.2, 0) is 9.59 Å². The summed E-state index contributed by atoms with van der Waals surface area (Å²) in [5.41, 5.74) is 2.63. The second-order valence-corrected chi connectivity index (χ2v) is 10.1. The van der Waals surface area contributed by atoms with E-state index in [9.17, 15) is 19.7 Å². The van der Waals surface area contributed by atoms with E-state index in [2.05, 4.69) is 6.07 Å². The number of nitro groups is 1. The van der Waals surface area contributed by atoms with Crippen molar-refractivity contribution in [3.05, 3.63) is 93.2 Å². The van der Waals surface area contributed by atoms with Gasteiger partial charge in [0.25, 0.3) is 5.69 Å². The molecule has 0 fully saturated rings. The van der Waals surface area contributed by atoms with Crippen molar-refractivity contribution in [1.29, 1.82) is 0 Å². The molecule has 1 aliphatic carbocycles. The molecule has 1 atom stereocenters. The van der Waals surface area contributed by atoms with Gasteiger partial charge in [0, 0.05) is 36.1 Å². The van der Waals surface area contributed by atoms with Crippen molar-refractivity contribution in [2.75, 3.05) is 4.90 Å². The zero-order chi connectivity index (χ0) is 24.2. The van der Waals surface area contributed by atoms with Crippen LogP contribution < -0.4 is 4.90 Å². The fourth-order valence-electron chi connectivity index (χ4n) is 5.37. The van der Waals surface area contributed by atoms with Crippen LogP contribution in [0.4, 0.5) is 11.4 Å². The van der Waals surface area contributed by atoms with Crippen LogP contribution in [0.5, 0.6) is 0 Å². The van der Waals surface area contributed by atoms with Crippen LogP contribution >= 0.6 is 0 Å². The van der Waals surface area contributed by atoms with Gasteiger partial charge in [-0.3, -0.25) is 24.6 Å². The lowest BCUT2D eigenvalue weighted by molar-refractivity contribution is -0.384. The number of nitrogens with zero attached hydrogens (tertiary/aromatic N) is 2. The molecule has 2 aliphatic rings. The third kappa shape index (κ3) is 3.69. The van der Waals surface area contributed by atoms with E-state index in [0.717, 1.165) is 21.9 Å². The maximum Gasteiger partial charge on any atom is 0.293 e. The molecule has 0 saturated heterocycles. The number of hydrogen-bond donors (Lipinski definition) is 0. The van der Waals surface area contributed by atoms with Gasteiger partial charge in [-0.15, -0.1) is 0 Å². The van der Waals surface area contributed by atoms with Gasteiger partial charge in [-0.2, -0.15) is 0 Å². The number of Topliss-reactive ketones (excluding diaryl/α,β-unsaturated/α-hetero) is 1. The summed E-state index contributed by atoms with van der Waals surface area (Å²) in [4.78, 5) is 40.0. The highest BCUT2D eigenvalue weighted by Gasteiger charge is 2.45. The van der Waals surface area contributed by atoms with Gasteiger partial charge < -0.3 is 0 Å². The standard InChI is InChI=1S/C28H26N2O4/c1-17-8-11-22(23(12-17)30(33)34)29-24-15-28(2,3)16-25(31)27(24)21(14-26(29)32)20-10-9-18-6-4-5-7-19(18)13-20/h4-13,21H,14-16H2,1-3H3. The van der Waals surface area contributed by atoms with E-state index in [0.29, 0.717) is 24.1 Å². The molecule has 0 N–H and O–H groups in total. The number of anilines is 1. The van der Waals surface area contributed by atoms with Gasteiger partial charge in [-0.05, 0) is 46.7 Å². The Morgan fingerprint density at radius 3 is 2.44 bits per heavy atom. The summed E-state index contributed by atoms with van der Waals surface area (Å²) in [6.45, 7) is 5.78. The minimum Gasteiger partial charge on any atom is -0.294 e. The Morgan fingerprint density at radius 2 is 1.71 bits per heavy atom. The van der Waals surface area contributed by atoms with Crippen molar-refractivity contribution >= 4 is 33.8 Å². The predicted octanol–water partition coefficient (Wildman–Crippen LogP) is 6.22. The second kappa shape index (κ2) is 7.90. The van der Waals surface area contributed by atoms with E-state index in [1.165, 1.54) is 11.0 Å². The summed E-state index contributed by atoms with van der Waals surface area (Å²) in [7, 11) is 0. The number of fused-ring (bicyclic) bond motifs is 1. The molecule has 0 saturated carbocycles. The fraction of sp³-hybridized carbons (Fsp3) is 0.286. The quantitative estimate of drug-likeness (QED) is 0.348. The Morgan fingerprint density at radius 1 is 0.971 bits per heavy atom. The van der Waals surface area contributed by atoms with E-state index < -0.39 is 4.92 Å². The number of hydrogen-bond acceptors (Lipinski definition) is 4. The summed E-state index contributed by atoms with van der Waals surface area (Å²) >= 11 is 0. The molecule has 0 spiro atoms. The number of rotatable bonds is 3. The molecule has 34 heavy (non-hydrogen) atoms. The van der Waals surface area contributed by atoms with Crippen molar-refractivity contribution in [1.82, 2.24) is 0 Å². The van der Waals surface area contributed by atoms with Crippen LogP contribution in [0.15, 0.2) is 71.9 Å². The lowest BCUT2D eigenvalue weighted by atomic mass is 9.69. The Kier molecular flexibility index (Phi) is 5.12. The smallest absolute Gasteiger partial charge is 0.293 e. The van der Waals surface area contributed by atoms with Gasteiger partial charge in [0.15, 0.2) is 5.78 Å². The molecule has 0 bridgehead atoms. The van der Waals surface area contributed by atoms with E-state index in [1.54, 1.807) is 19.1 Å². The molecule has 0 aromatic heterocycles. The number of carbonyl (C=O) groups is 2. The third-order valence-electron chi connectivity index (χ3n) is 6.89. The van der Waals surface area contributed by atoms with Gasteiger partial charge in [0.1, 0.15) is 5.69 Å². The van der Waals surface area contributed by atoms with E-state index in [-0.39, 0.29) is 40.8 Å². The molecule has 1 unspecified atom stereocenters. The zero-order valence-electron chi connectivity index (χ0n) is 19.5. The molecule has 1 aliphatic heterocycles. The van der Waals surface area contributed by atoms with E-state index in [4.69, 9.17) is 0 Å². The van der Waals surface area contributed by atoms with Crippen LogP contribution in [0.25, 0.3) is 10.8 Å². The molecular weight excluding hydrogens is 428 g/mol.